The van der Waals surface area contributed by atoms with E-state index in [1.54, 1.807) is 6.08 Å². The molecule has 2 heterocycles. The summed E-state index contributed by atoms with van der Waals surface area (Å²) >= 11 is 0. The van der Waals surface area contributed by atoms with Gasteiger partial charge in [0.15, 0.2) is 23.3 Å². The van der Waals surface area contributed by atoms with E-state index in [1.165, 1.54) is 30.3 Å². The van der Waals surface area contributed by atoms with Crippen LogP contribution in [-0.2, 0) is 15.1 Å². The summed E-state index contributed by atoms with van der Waals surface area (Å²) in [5, 5.41) is 28.5. The summed E-state index contributed by atoms with van der Waals surface area (Å²) in [7, 11) is 0. The molecule has 9 nitrogen and oxygen atoms in total. The van der Waals surface area contributed by atoms with Crippen molar-refractivity contribution >= 4 is 28.8 Å². The molecule has 0 unspecified atom stereocenters. The maximum Gasteiger partial charge on any atom is 0.238 e. The number of aliphatic hydroxyl groups is 1. The number of hydrogen-bond acceptors (Lipinski definition) is 8. The molecule has 1 fully saturated rings. The Morgan fingerprint density at radius 2 is 1.85 bits per heavy atom. The minimum atomic E-state index is -1.37. The van der Waals surface area contributed by atoms with E-state index < -0.39 is 46.6 Å². The van der Waals surface area contributed by atoms with E-state index in [9.17, 15) is 24.6 Å². The molecule has 39 heavy (non-hydrogen) atoms. The largest absolute Gasteiger partial charge is 0.507 e. The highest BCUT2D eigenvalue weighted by Crippen LogP contribution is 2.67. The van der Waals surface area contributed by atoms with E-state index in [2.05, 4.69) is 34.3 Å². The molecule has 2 aromatic carbocycles. The molecule has 2 bridgehead atoms. The van der Waals surface area contributed by atoms with Crippen LogP contribution in [0.25, 0.3) is 0 Å². The first-order chi connectivity index (χ1) is 18.6. The number of amides is 1. The van der Waals surface area contributed by atoms with Gasteiger partial charge in [-0.3, -0.25) is 14.4 Å². The Balaban J connectivity index is 1.57. The maximum absolute atomic E-state index is 13.9. The number of benzene rings is 2. The normalized spacial score (nSPS) is 27.7. The average Bonchev–Trinajstić information content (AvgIpc) is 3.59. The number of allylic oxidation sites excluding steroid dienone is 2. The molecular weight excluding hydrogens is 498 g/mol. The van der Waals surface area contributed by atoms with Gasteiger partial charge in [0.25, 0.3) is 0 Å². The molecule has 4 atom stereocenters. The third-order valence-electron chi connectivity index (χ3n) is 7.62. The van der Waals surface area contributed by atoms with E-state index in [0.717, 1.165) is 0 Å². The van der Waals surface area contributed by atoms with Crippen LogP contribution in [0.1, 0.15) is 57.7 Å². The smallest absolute Gasteiger partial charge is 0.238 e. The Hall–Kier alpha value is -4.41. The van der Waals surface area contributed by atoms with Crippen molar-refractivity contribution in [3.63, 3.8) is 0 Å². The minimum Gasteiger partial charge on any atom is -0.507 e. The molecule has 1 saturated heterocycles. The first-order valence-electron chi connectivity index (χ1n) is 12.6. The first-order valence-corrected chi connectivity index (χ1v) is 12.6. The molecule has 4 aliphatic rings. The highest BCUT2D eigenvalue weighted by Gasteiger charge is 2.79. The van der Waals surface area contributed by atoms with Gasteiger partial charge in [-0.15, -0.1) is 0 Å². The van der Waals surface area contributed by atoms with Crippen LogP contribution < -0.4 is 16.4 Å². The van der Waals surface area contributed by atoms with Crippen LogP contribution in [0, 0.1) is 29.6 Å². The number of fused-ring (bicyclic) bond motifs is 4. The standard InChI is InChI=1S/C30H25N3O6/c1-15(2)13-29-21-7-5-3-4-6-8-22(35)30(29,39-29)19-12-20(34)24-25(26(19)33-21)27(37)17-10-9-16(32-23(36)14-31)11-18(17)28(24)38/h3-4,9-12,15,21-22,33-35H,13-14,31H2,1-2H3,(H,32,36)/b4-3-/t21-,22+,29-,30-/m0/s1. The van der Waals surface area contributed by atoms with Gasteiger partial charge in [-0.2, -0.15) is 0 Å². The molecule has 1 amide bonds. The number of nitrogens with one attached hydrogen (secondary N) is 2. The quantitative estimate of drug-likeness (QED) is 0.197. The Morgan fingerprint density at radius 1 is 1.13 bits per heavy atom. The Bertz CT molecular complexity index is 1650. The van der Waals surface area contributed by atoms with Gasteiger partial charge < -0.3 is 31.3 Å². The van der Waals surface area contributed by atoms with Crippen LogP contribution in [-0.4, -0.2) is 52.0 Å². The van der Waals surface area contributed by atoms with Gasteiger partial charge in [-0.1, -0.05) is 37.5 Å². The zero-order valence-corrected chi connectivity index (χ0v) is 21.2. The number of anilines is 2. The van der Waals surface area contributed by atoms with Crippen LogP contribution in [0.3, 0.4) is 0 Å². The van der Waals surface area contributed by atoms with E-state index in [4.69, 9.17) is 10.5 Å². The number of carbonyl (C=O) groups is 3. The van der Waals surface area contributed by atoms with Crippen LogP contribution in [0.15, 0.2) is 36.4 Å². The Kier molecular flexibility index (Phi) is 5.46. The molecule has 2 aromatic rings. The van der Waals surface area contributed by atoms with Crippen molar-refractivity contribution in [2.24, 2.45) is 11.7 Å². The number of carbonyl (C=O) groups excluding carboxylic acids is 3. The molecule has 6 rings (SSSR count). The number of phenols is 1. The number of phenolic OH excluding ortho intramolecular Hbond substituents is 1. The minimum absolute atomic E-state index is 0.0196. The molecule has 196 valence electrons. The van der Waals surface area contributed by atoms with E-state index in [1.807, 2.05) is 13.8 Å². The first kappa shape index (κ1) is 24.9. The molecular formula is C30H25N3O6. The number of aromatic hydroxyl groups is 1. The lowest BCUT2D eigenvalue weighted by atomic mass is 9.69. The molecule has 2 aliphatic heterocycles. The summed E-state index contributed by atoms with van der Waals surface area (Å²) in [4.78, 5) is 39.4. The third-order valence-corrected chi connectivity index (χ3v) is 7.62. The summed E-state index contributed by atoms with van der Waals surface area (Å²) < 4.78 is 6.44. The molecule has 0 spiro atoms. The fourth-order valence-corrected chi connectivity index (χ4v) is 6.09. The number of ether oxygens (including phenoxy) is 1. The fourth-order valence-electron chi connectivity index (χ4n) is 6.09. The number of nitrogens with two attached hydrogens (primary N) is 1. The zero-order chi connectivity index (χ0) is 27.7. The van der Waals surface area contributed by atoms with Gasteiger partial charge in [-0.05, 0) is 48.8 Å². The van der Waals surface area contributed by atoms with Crippen molar-refractivity contribution in [1.29, 1.82) is 0 Å². The van der Waals surface area contributed by atoms with Crippen molar-refractivity contribution in [1.82, 2.24) is 0 Å². The second-order valence-corrected chi connectivity index (χ2v) is 10.5. The number of hydrogen-bond donors (Lipinski definition) is 5. The van der Waals surface area contributed by atoms with Crippen LogP contribution in [0.4, 0.5) is 11.4 Å². The maximum atomic E-state index is 13.9. The van der Waals surface area contributed by atoms with Gasteiger partial charge in [0.05, 0.1) is 23.4 Å². The summed E-state index contributed by atoms with van der Waals surface area (Å²) in [6.45, 7) is 3.81. The van der Waals surface area contributed by atoms with Crippen LogP contribution >= 0.6 is 0 Å². The van der Waals surface area contributed by atoms with Gasteiger partial charge in [0.2, 0.25) is 5.91 Å². The van der Waals surface area contributed by atoms with Gasteiger partial charge in [0.1, 0.15) is 17.4 Å². The lowest BCUT2D eigenvalue weighted by Crippen LogP contribution is -2.50. The molecule has 9 heteroatoms. The van der Waals surface area contributed by atoms with Crippen molar-refractivity contribution in [3.8, 4) is 29.4 Å². The Morgan fingerprint density at radius 3 is 2.56 bits per heavy atom. The molecule has 2 aliphatic carbocycles. The van der Waals surface area contributed by atoms with Gasteiger partial charge >= 0.3 is 0 Å². The van der Waals surface area contributed by atoms with Gasteiger partial charge in [-0.25, -0.2) is 0 Å². The zero-order valence-electron chi connectivity index (χ0n) is 21.2. The Labute approximate surface area is 224 Å². The van der Waals surface area contributed by atoms with Crippen LogP contribution in [0.5, 0.6) is 5.75 Å². The average molecular weight is 524 g/mol. The predicted molar refractivity (Wildman–Crippen MR) is 142 cm³/mol. The van der Waals surface area contributed by atoms with Crippen molar-refractivity contribution in [2.75, 3.05) is 17.2 Å². The van der Waals surface area contributed by atoms with Crippen LogP contribution in [0.2, 0.25) is 0 Å². The highest BCUT2D eigenvalue weighted by atomic mass is 16.6. The number of ketones is 2. The summed E-state index contributed by atoms with van der Waals surface area (Å²) in [5.41, 5.74) is 3.91. The molecule has 6 N–H and O–H groups in total. The number of epoxide rings is 1. The fraction of sp³-hybridized carbons (Fsp3) is 0.300. The SMILES string of the molecule is CC(C)C[C@@]12O[C@]13c1cc(O)c4c(c1N[C@H]2C#C/C=C\C#C[C@H]3O)C(=O)c1ccc(NC(=O)CN)cc1C4=O. The lowest BCUT2D eigenvalue weighted by Gasteiger charge is -2.37. The monoisotopic (exact) mass is 523 g/mol. The van der Waals surface area contributed by atoms with E-state index in [0.29, 0.717) is 17.7 Å². The highest BCUT2D eigenvalue weighted by molar-refractivity contribution is 6.31. The summed E-state index contributed by atoms with van der Waals surface area (Å²) in [5.74, 6) is 9.91. The molecule has 0 radical (unpaired) electrons. The summed E-state index contributed by atoms with van der Waals surface area (Å²) in [6, 6.07) is 5.09. The lowest BCUT2D eigenvalue weighted by molar-refractivity contribution is -0.114. The number of aliphatic hydroxyl groups excluding tert-OH is 1. The molecule has 0 saturated carbocycles. The number of rotatable bonds is 4. The van der Waals surface area contributed by atoms with Gasteiger partial charge in [0, 0.05) is 22.4 Å². The van der Waals surface area contributed by atoms with Crippen molar-refractivity contribution < 1.29 is 29.3 Å². The second kappa shape index (κ2) is 8.55. The molecule has 0 aromatic heterocycles. The second-order valence-electron chi connectivity index (χ2n) is 10.5. The van der Waals surface area contributed by atoms with E-state index >= 15 is 0 Å². The summed E-state index contributed by atoms with van der Waals surface area (Å²) in [6.07, 6.45) is 2.34. The third kappa shape index (κ3) is 3.38. The predicted octanol–water partition coefficient (Wildman–Crippen LogP) is 1.81. The van der Waals surface area contributed by atoms with Crippen molar-refractivity contribution in [2.45, 2.75) is 43.6 Å². The topological polar surface area (TPSA) is 154 Å². The van der Waals surface area contributed by atoms with E-state index in [-0.39, 0.29) is 40.4 Å². The van der Waals surface area contributed by atoms with Crippen molar-refractivity contribution in [3.05, 3.63) is 64.2 Å².